The normalized spacial score (nSPS) is 13.3. The predicted molar refractivity (Wildman–Crippen MR) is 134 cm³/mol. The lowest BCUT2D eigenvalue weighted by atomic mass is 10.1. The van der Waals surface area contributed by atoms with E-state index in [2.05, 4.69) is 5.32 Å². The first-order valence-electron chi connectivity index (χ1n) is 11.7. The van der Waals surface area contributed by atoms with E-state index in [1.54, 1.807) is 18.2 Å². The van der Waals surface area contributed by atoms with Crippen LogP contribution in [0.5, 0.6) is 11.5 Å². The van der Waals surface area contributed by atoms with Crippen molar-refractivity contribution in [2.75, 3.05) is 29.9 Å². The summed E-state index contributed by atoms with van der Waals surface area (Å²) in [6.45, 7) is 7.32. The number of ether oxygens (including phenoxy) is 2. The zero-order valence-corrected chi connectivity index (χ0v) is 21.4. The van der Waals surface area contributed by atoms with E-state index in [1.807, 2.05) is 45.0 Å². The van der Waals surface area contributed by atoms with Crippen LogP contribution in [-0.2, 0) is 26.2 Å². The molecule has 2 amide bonds. The van der Waals surface area contributed by atoms with Gasteiger partial charge in [0, 0.05) is 19.2 Å². The zero-order chi connectivity index (χ0) is 25.6. The SMILES string of the molecule is CCNC(=O)[C@H](CC)N(Cc1cccc(C)c1)C(=O)CN(c1ccc2c(c1)OCO2)S(=O)(=O)CC. The maximum Gasteiger partial charge on any atom is 0.244 e. The van der Waals surface area contributed by atoms with Gasteiger partial charge in [0.05, 0.1) is 11.4 Å². The summed E-state index contributed by atoms with van der Waals surface area (Å²) in [7, 11) is -3.81. The molecule has 0 aliphatic carbocycles. The number of nitrogens with zero attached hydrogens (tertiary/aromatic N) is 2. The van der Waals surface area contributed by atoms with E-state index in [1.165, 1.54) is 11.8 Å². The molecule has 1 N–H and O–H groups in total. The molecule has 9 nitrogen and oxygen atoms in total. The highest BCUT2D eigenvalue weighted by atomic mass is 32.2. The second-order valence-electron chi connectivity index (χ2n) is 8.27. The maximum absolute atomic E-state index is 13.7. The Morgan fingerprint density at radius 2 is 1.80 bits per heavy atom. The Labute approximate surface area is 207 Å². The van der Waals surface area contributed by atoms with Crippen molar-refractivity contribution in [1.82, 2.24) is 10.2 Å². The van der Waals surface area contributed by atoms with Gasteiger partial charge in [-0.1, -0.05) is 36.8 Å². The van der Waals surface area contributed by atoms with E-state index in [9.17, 15) is 18.0 Å². The molecule has 1 aliphatic rings. The van der Waals surface area contributed by atoms with Gasteiger partial charge in [-0.15, -0.1) is 0 Å². The third kappa shape index (κ3) is 6.25. The van der Waals surface area contributed by atoms with Gasteiger partial charge in [-0.3, -0.25) is 13.9 Å². The summed E-state index contributed by atoms with van der Waals surface area (Å²) >= 11 is 0. The number of aryl methyl sites for hydroxylation is 1. The summed E-state index contributed by atoms with van der Waals surface area (Å²) in [5.74, 6) is -0.0164. The minimum Gasteiger partial charge on any atom is -0.454 e. The van der Waals surface area contributed by atoms with Crippen molar-refractivity contribution in [2.45, 2.75) is 46.7 Å². The Kier molecular flexibility index (Phi) is 8.61. The Bertz CT molecular complexity index is 1170. The summed E-state index contributed by atoms with van der Waals surface area (Å²) < 4.78 is 37.9. The number of anilines is 1. The number of nitrogens with one attached hydrogen (secondary N) is 1. The van der Waals surface area contributed by atoms with E-state index in [-0.39, 0.29) is 25.0 Å². The minimum absolute atomic E-state index is 0.0488. The van der Waals surface area contributed by atoms with Gasteiger partial charge in [-0.2, -0.15) is 0 Å². The van der Waals surface area contributed by atoms with Crippen LogP contribution < -0.4 is 19.1 Å². The van der Waals surface area contributed by atoms with Gasteiger partial charge in [0.15, 0.2) is 11.5 Å². The molecule has 1 heterocycles. The fourth-order valence-corrected chi connectivity index (χ4v) is 5.03. The van der Waals surface area contributed by atoms with Crippen LogP contribution in [0.3, 0.4) is 0 Å². The monoisotopic (exact) mass is 503 g/mol. The average Bonchev–Trinajstić information content (AvgIpc) is 3.30. The molecule has 35 heavy (non-hydrogen) atoms. The lowest BCUT2D eigenvalue weighted by Gasteiger charge is -2.33. The lowest BCUT2D eigenvalue weighted by Crippen LogP contribution is -2.52. The second kappa shape index (κ2) is 11.4. The summed E-state index contributed by atoms with van der Waals surface area (Å²) in [4.78, 5) is 28.0. The van der Waals surface area contributed by atoms with Crippen molar-refractivity contribution in [3.63, 3.8) is 0 Å². The summed E-state index contributed by atoms with van der Waals surface area (Å²) in [6.07, 6.45) is 0.383. The van der Waals surface area contributed by atoms with E-state index < -0.39 is 28.5 Å². The number of benzene rings is 2. The predicted octanol–water partition coefficient (Wildman–Crippen LogP) is 2.82. The first kappa shape index (κ1) is 26.3. The van der Waals surface area contributed by atoms with Crippen molar-refractivity contribution in [3.05, 3.63) is 53.6 Å². The van der Waals surface area contributed by atoms with Crippen LogP contribution in [0.1, 0.15) is 38.3 Å². The summed E-state index contributed by atoms with van der Waals surface area (Å²) in [5, 5.41) is 2.79. The van der Waals surface area contributed by atoms with E-state index in [4.69, 9.17) is 9.47 Å². The Hall–Kier alpha value is -3.27. The maximum atomic E-state index is 13.7. The van der Waals surface area contributed by atoms with Crippen molar-refractivity contribution >= 4 is 27.5 Å². The quantitative estimate of drug-likeness (QED) is 0.506. The first-order valence-corrected chi connectivity index (χ1v) is 13.3. The van der Waals surface area contributed by atoms with Crippen LogP contribution in [0.4, 0.5) is 5.69 Å². The highest BCUT2D eigenvalue weighted by Crippen LogP contribution is 2.36. The van der Waals surface area contributed by atoms with Crippen LogP contribution in [0.15, 0.2) is 42.5 Å². The Morgan fingerprint density at radius 1 is 1.06 bits per heavy atom. The largest absolute Gasteiger partial charge is 0.454 e. The molecule has 0 bridgehead atoms. The molecule has 0 unspecified atom stereocenters. The molecule has 3 rings (SSSR count). The van der Waals surface area contributed by atoms with Gasteiger partial charge in [0.25, 0.3) is 0 Å². The molecule has 2 aromatic carbocycles. The highest BCUT2D eigenvalue weighted by Gasteiger charge is 2.32. The van der Waals surface area contributed by atoms with Crippen molar-refractivity contribution in [2.24, 2.45) is 0 Å². The van der Waals surface area contributed by atoms with Gasteiger partial charge in [0.1, 0.15) is 12.6 Å². The van der Waals surface area contributed by atoms with Crippen LogP contribution in [0.25, 0.3) is 0 Å². The number of fused-ring (bicyclic) bond motifs is 1. The molecule has 190 valence electrons. The van der Waals surface area contributed by atoms with Gasteiger partial charge < -0.3 is 19.7 Å². The van der Waals surface area contributed by atoms with Crippen molar-refractivity contribution < 1.29 is 27.5 Å². The molecule has 2 aromatic rings. The third-order valence-corrected chi connectivity index (χ3v) is 7.54. The lowest BCUT2D eigenvalue weighted by molar-refractivity contribution is -0.140. The second-order valence-corrected chi connectivity index (χ2v) is 10.5. The number of carbonyl (C=O) groups excluding carboxylic acids is 2. The van der Waals surface area contributed by atoms with Crippen molar-refractivity contribution in [3.8, 4) is 11.5 Å². The Balaban J connectivity index is 1.97. The number of sulfonamides is 1. The standard InChI is InChI=1S/C25H33N3O6S/c1-5-21(25(30)26-6-2)27(15-19-10-8-9-18(4)13-19)24(29)16-28(35(31,32)7-3)20-11-12-22-23(14-20)34-17-33-22/h8-14,21H,5-7,15-17H2,1-4H3,(H,26,30)/t21-/m0/s1. The zero-order valence-electron chi connectivity index (χ0n) is 20.6. The first-order chi connectivity index (χ1) is 16.7. The van der Waals surface area contributed by atoms with Crippen molar-refractivity contribution in [1.29, 1.82) is 0 Å². The molecule has 0 saturated heterocycles. The smallest absolute Gasteiger partial charge is 0.244 e. The molecule has 1 aliphatic heterocycles. The molecule has 0 fully saturated rings. The van der Waals surface area contributed by atoms with Gasteiger partial charge in [-0.05, 0) is 44.9 Å². The number of rotatable bonds is 11. The summed E-state index contributed by atoms with van der Waals surface area (Å²) in [6, 6.07) is 11.7. The number of hydrogen-bond donors (Lipinski definition) is 1. The van der Waals surface area contributed by atoms with Crippen LogP contribution in [-0.4, -0.2) is 56.8 Å². The molecule has 10 heteroatoms. The Morgan fingerprint density at radius 3 is 2.46 bits per heavy atom. The molecule has 0 saturated carbocycles. The third-order valence-electron chi connectivity index (χ3n) is 5.80. The highest BCUT2D eigenvalue weighted by molar-refractivity contribution is 7.92. The van der Waals surface area contributed by atoms with E-state index >= 15 is 0 Å². The topological polar surface area (TPSA) is 105 Å². The van der Waals surface area contributed by atoms with Crippen LogP contribution in [0.2, 0.25) is 0 Å². The van der Waals surface area contributed by atoms with Gasteiger partial charge in [-0.25, -0.2) is 8.42 Å². The number of hydrogen-bond acceptors (Lipinski definition) is 6. The van der Waals surface area contributed by atoms with Crippen LogP contribution >= 0.6 is 0 Å². The molecular weight excluding hydrogens is 470 g/mol. The fourth-order valence-electron chi connectivity index (χ4n) is 3.98. The molecule has 0 aromatic heterocycles. The number of carbonyl (C=O) groups is 2. The van der Waals surface area contributed by atoms with Crippen LogP contribution in [0, 0.1) is 6.92 Å². The molecule has 1 atom stereocenters. The summed E-state index contributed by atoms with van der Waals surface area (Å²) in [5.41, 5.74) is 2.18. The molecule has 0 radical (unpaired) electrons. The number of likely N-dealkylation sites (N-methyl/N-ethyl adjacent to an activating group) is 1. The minimum atomic E-state index is -3.81. The fraction of sp³-hybridized carbons (Fsp3) is 0.440. The van der Waals surface area contributed by atoms with E-state index in [0.29, 0.717) is 30.2 Å². The average molecular weight is 504 g/mol. The van der Waals surface area contributed by atoms with Gasteiger partial charge >= 0.3 is 0 Å². The molecule has 0 spiro atoms. The number of amides is 2. The molecular formula is C25H33N3O6S. The van der Waals surface area contributed by atoms with E-state index in [0.717, 1.165) is 15.4 Å². The van der Waals surface area contributed by atoms with Gasteiger partial charge in [0.2, 0.25) is 28.6 Å².